The van der Waals surface area contributed by atoms with E-state index in [1.807, 2.05) is 0 Å². The fourth-order valence-corrected chi connectivity index (χ4v) is 4.48. The maximum atomic E-state index is 12.5. The van der Waals surface area contributed by atoms with Crippen molar-refractivity contribution in [1.82, 2.24) is 4.72 Å². The maximum Gasteiger partial charge on any atom is 0.332 e. The summed E-state index contributed by atoms with van der Waals surface area (Å²) in [7, 11) is -3.72. The smallest absolute Gasteiger partial charge is 0.332 e. The van der Waals surface area contributed by atoms with Crippen molar-refractivity contribution < 1.29 is 23.4 Å². The summed E-state index contributed by atoms with van der Waals surface area (Å²) in [5.74, 6) is -1.17. The number of hydrogen-bond donors (Lipinski definition) is 3. The van der Waals surface area contributed by atoms with E-state index in [0.717, 1.165) is 0 Å². The second-order valence-corrected chi connectivity index (χ2v) is 9.64. The van der Waals surface area contributed by atoms with Crippen molar-refractivity contribution in [3.63, 3.8) is 0 Å². The van der Waals surface area contributed by atoms with Gasteiger partial charge in [-0.1, -0.05) is 35.9 Å². The molecule has 0 unspecified atom stereocenters. The molecule has 0 atom stereocenters. The number of aliphatic hydroxyl groups excluding tert-OH is 1. The zero-order valence-electron chi connectivity index (χ0n) is 16.4. The van der Waals surface area contributed by atoms with Crippen LogP contribution < -0.4 is 4.72 Å². The molecule has 0 fully saturated rings. The first-order chi connectivity index (χ1) is 13.4. The quantitative estimate of drug-likeness (QED) is 0.573. The van der Waals surface area contributed by atoms with Crippen molar-refractivity contribution in [2.75, 3.05) is 6.61 Å². The minimum Gasteiger partial charge on any atom is -0.478 e. The Kier molecular flexibility index (Phi) is 7.24. The lowest BCUT2D eigenvalue weighted by molar-refractivity contribution is -0.132. The van der Waals surface area contributed by atoms with Crippen LogP contribution in [-0.4, -0.2) is 36.7 Å². The van der Waals surface area contributed by atoms with E-state index in [2.05, 4.69) is 4.72 Å². The second-order valence-electron chi connectivity index (χ2n) is 7.52. The van der Waals surface area contributed by atoms with E-state index >= 15 is 0 Å². The van der Waals surface area contributed by atoms with Gasteiger partial charge in [-0.25, -0.2) is 17.9 Å². The Balaban J connectivity index is 2.61. The largest absolute Gasteiger partial charge is 0.478 e. The molecule has 2 rings (SSSR count). The molecule has 0 aromatic heterocycles. The highest BCUT2D eigenvalue weighted by Gasteiger charge is 2.23. The van der Waals surface area contributed by atoms with E-state index < -0.39 is 21.5 Å². The van der Waals surface area contributed by atoms with Gasteiger partial charge < -0.3 is 10.2 Å². The van der Waals surface area contributed by atoms with Crippen LogP contribution in [-0.2, 0) is 14.8 Å². The van der Waals surface area contributed by atoms with E-state index in [1.54, 1.807) is 57.2 Å². The lowest BCUT2D eigenvalue weighted by atomic mass is 9.91. The normalized spacial score (nSPS) is 13.1. The molecule has 0 spiro atoms. The molecule has 6 nitrogen and oxygen atoms in total. The van der Waals surface area contributed by atoms with E-state index in [1.165, 1.54) is 12.1 Å². The van der Waals surface area contributed by atoms with Crippen LogP contribution >= 0.6 is 11.6 Å². The fourth-order valence-electron chi connectivity index (χ4n) is 2.87. The van der Waals surface area contributed by atoms with Gasteiger partial charge in [-0.15, -0.1) is 0 Å². The average Bonchev–Trinajstić information content (AvgIpc) is 2.60. The highest BCUT2D eigenvalue weighted by atomic mass is 35.5. The summed E-state index contributed by atoms with van der Waals surface area (Å²) >= 11 is 6.08. The van der Waals surface area contributed by atoms with E-state index in [0.29, 0.717) is 21.7 Å². The van der Waals surface area contributed by atoms with Crippen molar-refractivity contribution in [2.45, 2.75) is 37.6 Å². The number of benzene rings is 2. The Bertz CT molecular complexity index is 1020. The molecule has 0 aliphatic heterocycles. The first-order valence-electron chi connectivity index (χ1n) is 8.92. The van der Waals surface area contributed by atoms with Gasteiger partial charge in [0.15, 0.2) is 0 Å². The SMILES string of the molecule is CC(C)(C)NS(=O)(=O)c1ccc(/C(=C(\CCO)C(=O)O)c2cccc(Cl)c2)cc1. The van der Waals surface area contributed by atoms with Gasteiger partial charge in [-0.05, 0) is 61.7 Å². The van der Waals surface area contributed by atoms with Crippen LogP contribution in [0.25, 0.3) is 5.57 Å². The van der Waals surface area contributed by atoms with Crippen LogP contribution in [0.4, 0.5) is 0 Å². The summed E-state index contributed by atoms with van der Waals surface area (Å²) in [6.45, 7) is 4.89. The van der Waals surface area contributed by atoms with E-state index in [-0.39, 0.29) is 23.5 Å². The third-order valence-electron chi connectivity index (χ3n) is 3.93. The van der Waals surface area contributed by atoms with Crippen LogP contribution in [0.5, 0.6) is 0 Å². The minimum atomic E-state index is -3.72. The Morgan fingerprint density at radius 2 is 1.69 bits per heavy atom. The van der Waals surface area contributed by atoms with Gasteiger partial charge in [-0.2, -0.15) is 0 Å². The molecule has 2 aromatic rings. The number of aliphatic carboxylic acids is 1. The number of sulfonamides is 1. The summed E-state index contributed by atoms with van der Waals surface area (Å²) in [4.78, 5) is 11.9. The van der Waals surface area contributed by atoms with Gasteiger partial charge >= 0.3 is 5.97 Å². The van der Waals surface area contributed by atoms with Crippen molar-refractivity contribution in [2.24, 2.45) is 0 Å². The van der Waals surface area contributed by atoms with Gasteiger partial charge in [0.2, 0.25) is 10.0 Å². The molecule has 3 N–H and O–H groups in total. The summed E-state index contributed by atoms with van der Waals surface area (Å²) < 4.78 is 27.6. The van der Waals surface area contributed by atoms with Crippen molar-refractivity contribution in [3.05, 3.63) is 70.3 Å². The average molecular weight is 438 g/mol. The number of halogens is 1. The van der Waals surface area contributed by atoms with Crippen molar-refractivity contribution >= 4 is 33.2 Å². The molecule has 0 bridgehead atoms. The molecular formula is C21H24ClNO5S. The molecule has 2 aromatic carbocycles. The predicted octanol–water partition coefficient (Wildman–Crippen LogP) is 3.69. The number of carboxylic acids is 1. The molecule has 8 heteroatoms. The molecule has 0 saturated heterocycles. The predicted molar refractivity (Wildman–Crippen MR) is 113 cm³/mol. The van der Waals surface area contributed by atoms with Crippen molar-refractivity contribution in [1.29, 1.82) is 0 Å². The molecule has 0 saturated carbocycles. The van der Waals surface area contributed by atoms with Gasteiger partial charge in [-0.3, -0.25) is 0 Å². The third-order valence-corrected chi connectivity index (χ3v) is 5.94. The minimum absolute atomic E-state index is 0.0122. The molecule has 0 aliphatic rings. The lowest BCUT2D eigenvalue weighted by Crippen LogP contribution is -2.40. The first kappa shape index (κ1) is 23.1. The number of carboxylic acid groups (broad SMARTS) is 1. The molecule has 29 heavy (non-hydrogen) atoms. The van der Waals surface area contributed by atoms with Gasteiger partial charge in [0.1, 0.15) is 0 Å². The standard InChI is InChI=1S/C21H24ClNO5S/c1-21(2,3)23-29(27,28)17-9-7-14(8-10-17)19(18(11-12-24)20(25)26)15-5-4-6-16(22)13-15/h4-10,13,23-24H,11-12H2,1-3H3,(H,25,26)/b19-18-. The van der Waals surface area contributed by atoms with Crippen molar-refractivity contribution in [3.8, 4) is 0 Å². The number of nitrogens with one attached hydrogen (secondary N) is 1. The summed E-state index contributed by atoms with van der Waals surface area (Å²) in [5.41, 5.74) is 0.820. The fraction of sp³-hybridized carbons (Fsp3) is 0.286. The summed E-state index contributed by atoms with van der Waals surface area (Å²) in [5, 5.41) is 19.4. The second kappa shape index (κ2) is 9.09. The molecule has 0 aliphatic carbocycles. The summed E-state index contributed by atoms with van der Waals surface area (Å²) in [6, 6.07) is 12.7. The molecular weight excluding hydrogens is 414 g/mol. The van der Waals surface area contributed by atoms with Crippen LogP contribution in [0, 0.1) is 0 Å². The maximum absolute atomic E-state index is 12.5. The van der Waals surface area contributed by atoms with E-state index in [4.69, 9.17) is 11.6 Å². The van der Waals surface area contributed by atoms with Crippen LogP contribution in [0.3, 0.4) is 0 Å². The Morgan fingerprint density at radius 1 is 1.07 bits per heavy atom. The molecule has 0 heterocycles. The van der Waals surface area contributed by atoms with Crippen LogP contribution in [0.15, 0.2) is 59.0 Å². The Labute approximate surface area is 175 Å². The Morgan fingerprint density at radius 3 is 2.17 bits per heavy atom. The molecule has 156 valence electrons. The van der Waals surface area contributed by atoms with Gasteiger partial charge in [0.25, 0.3) is 0 Å². The highest BCUT2D eigenvalue weighted by molar-refractivity contribution is 7.89. The Hall–Kier alpha value is -2.19. The topological polar surface area (TPSA) is 104 Å². The van der Waals surface area contributed by atoms with Crippen LogP contribution in [0.2, 0.25) is 5.02 Å². The highest BCUT2D eigenvalue weighted by Crippen LogP contribution is 2.31. The van der Waals surface area contributed by atoms with E-state index in [9.17, 15) is 23.4 Å². The third kappa shape index (κ3) is 6.14. The zero-order valence-corrected chi connectivity index (χ0v) is 18.0. The first-order valence-corrected chi connectivity index (χ1v) is 10.8. The number of rotatable bonds is 7. The molecule has 0 amide bonds. The monoisotopic (exact) mass is 437 g/mol. The van der Waals surface area contributed by atoms with Gasteiger partial charge in [0.05, 0.1) is 4.90 Å². The molecule has 0 radical (unpaired) electrons. The number of carbonyl (C=O) groups is 1. The lowest BCUT2D eigenvalue weighted by Gasteiger charge is -2.20. The van der Waals surface area contributed by atoms with Gasteiger partial charge in [0, 0.05) is 29.2 Å². The number of hydrogen-bond acceptors (Lipinski definition) is 4. The zero-order chi connectivity index (χ0) is 21.8. The summed E-state index contributed by atoms with van der Waals surface area (Å²) in [6.07, 6.45) is -0.0667. The van der Waals surface area contributed by atoms with Crippen LogP contribution in [0.1, 0.15) is 38.3 Å². The number of aliphatic hydroxyl groups is 1.